The molecule has 2 heterocycles. The van der Waals surface area contributed by atoms with Crippen molar-refractivity contribution in [3.05, 3.63) is 49.8 Å². The number of nitrogens with one attached hydrogen (secondary N) is 1. The van der Waals surface area contributed by atoms with Gasteiger partial charge in [-0.15, -0.1) is 11.3 Å². The number of aryl methyl sites for hydroxylation is 2. The summed E-state index contributed by atoms with van der Waals surface area (Å²) < 4.78 is 6.36. The molecular weight excluding hydrogens is 406 g/mol. The monoisotopic (exact) mass is 421 g/mol. The van der Waals surface area contributed by atoms with Crippen molar-refractivity contribution in [1.82, 2.24) is 9.55 Å². The number of carboxylic acid groups (broad SMARTS) is 1. The maximum absolute atomic E-state index is 12.7. The highest BCUT2D eigenvalue weighted by molar-refractivity contribution is 7.20. The number of hydrogen-bond donors (Lipinski definition) is 2. The first-order valence-electron chi connectivity index (χ1n) is 8.08. The fourth-order valence-corrected chi connectivity index (χ4v) is 3.88. The predicted octanol–water partition coefficient (Wildman–Crippen LogP) is 3.07. The summed E-state index contributed by atoms with van der Waals surface area (Å²) >= 11 is 6.99. The molecule has 146 valence electrons. The van der Waals surface area contributed by atoms with Crippen LogP contribution in [0.5, 0.6) is 5.75 Å². The minimum Gasteiger partial charge on any atom is -0.495 e. The molecule has 8 nitrogen and oxygen atoms in total. The molecule has 2 aromatic heterocycles. The summed E-state index contributed by atoms with van der Waals surface area (Å²) in [7, 11) is 1.46. The maximum atomic E-state index is 12.7. The molecule has 0 bridgehead atoms. The number of anilines is 1. The fourth-order valence-electron chi connectivity index (χ4n) is 2.75. The molecule has 10 heteroatoms. The van der Waals surface area contributed by atoms with Crippen LogP contribution in [0.4, 0.5) is 5.69 Å². The van der Waals surface area contributed by atoms with Gasteiger partial charge < -0.3 is 15.2 Å². The van der Waals surface area contributed by atoms with Crippen LogP contribution >= 0.6 is 22.9 Å². The molecule has 0 aliphatic carbocycles. The Morgan fingerprint density at radius 3 is 2.71 bits per heavy atom. The van der Waals surface area contributed by atoms with Gasteiger partial charge in [-0.3, -0.25) is 14.2 Å². The lowest BCUT2D eigenvalue weighted by molar-refractivity contribution is -0.116. The van der Waals surface area contributed by atoms with Crippen LogP contribution in [-0.4, -0.2) is 33.6 Å². The molecule has 1 aromatic carbocycles. The molecule has 0 unspecified atom stereocenters. The van der Waals surface area contributed by atoms with Crippen molar-refractivity contribution >= 4 is 50.7 Å². The zero-order chi connectivity index (χ0) is 20.6. The Morgan fingerprint density at radius 1 is 1.36 bits per heavy atom. The van der Waals surface area contributed by atoms with Crippen LogP contribution in [0.25, 0.3) is 10.2 Å². The van der Waals surface area contributed by atoms with Gasteiger partial charge in [-0.1, -0.05) is 11.6 Å². The van der Waals surface area contributed by atoms with Gasteiger partial charge in [0.1, 0.15) is 22.0 Å². The average molecular weight is 422 g/mol. The molecule has 0 aliphatic heterocycles. The van der Waals surface area contributed by atoms with Crippen LogP contribution in [0.3, 0.4) is 0 Å². The van der Waals surface area contributed by atoms with E-state index in [1.54, 1.807) is 26.0 Å². The summed E-state index contributed by atoms with van der Waals surface area (Å²) in [4.78, 5) is 40.9. The van der Waals surface area contributed by atoms with Crippen molar-refractivity contribution in [3.8, 4) is 5.75 Å². The van der Waals surface area contributed by atoms with Gasteiger partial charge in [0.15, 0.2) is 0 Å². The molecule has 0 saturated carbocycles. The van der Waals surface area contributed by atoms with Crippen molar-refractivity contribution < 1.29 is 19.4 Å². The summed E-state index contributed by atoms with van der Waals surface area (Å²) in [5, 5.41) is 12.6. The van der Waals surface area contributed by atoms with E-state index in [4.69, 9.17) is 16.3 Å². The number of fused-ring (bicyclic) bond motifs is 1. The second-order valence-electron chi connectivity index (χ2n) is 6.07. The van der Waals surface area contributed by atoms with Crippen molar-refractivity contribution in [3.63, 3.8) is 0 Å². The first kappa shape index (κ1) is 19.8. The van der Waals surface area contributed by atoms with Crippen LogP contribution in [0.2, 0.25) is 5.02 Å². The van der Waals surface area contributed by atoms with Crippen LogP contribution in [0, 0.1) is 13.8 Å². The molecule has 0 saturated heterocycles. The number of rotatable bonds is 5. The average Bonchev–Trinajstić information content (AvgIpc) is 2.98. The van der Waals surface area contributed by atoms with E-state index in [9.17, 15) is 19.5 Å². The Balaban J connectivity index is 1.91. The number of benzene rings is 1. The molecule has 3 rings (SSSR count). The molecular formula is C18H16ClN3O5S. The largest absolute Gasteiger partial charge is 0.495 e. The summed E-state index contributed by atoms with van der Waals surface area (Å²) in [6, 6.07) is 3.26. The first-order chi connectivity index (χ1) is 13.2. The van der Waals surface area contributed by atoms with Crippen molar-refractivity contribution in [2.24, 2.45) is 0 Å². The zero-order valence-electron chi connectivity index (χ0n) is 15.2. The highest BCUT2D eigenvalue weighted by Crippen LogP contribution is 2.31. The number of amides is 1. The van der Waals surface area contributed by atoms with Gasteiger partial charge in [0.05, 0.1) is 24.5 Å². The van der Waals surface area contributed by atoms with Gasteiger partial charge in [-0.05, 0) is 31.0 Å². The predicted molar refractivity (Wildman–Crippen MR) is 107 cm³/mol. The van der Waals surface area contributed by atoms with E-state index in [1.165, 1.54) is 13.4 Å². The molecule has 1 amide bonds. The van der Waals surface area contributed by atoms with Gasteiger partial charge in [-0.2, -0.15) is 0 Å². The topological polar surface area (TPSA) is 111 Å². The van der Waals surface area contributed by atoms with E-state index in [-0.39, 0.29) is 16.8 Å². The molecule has 0 atom stereocenters. The third-order valence-corrected chi connectivity index (χ3v) is 5.78. The third kappa shape index (κ3) is 3.58. The minimum absolute atomic E-state index is 0.0585. The second kappa shape index (κ2) is 7.61. The Hall–Kier alpha value is -2.91. The molecule has 0 aliphatic rings. The number of aromatic nitrogens is 2. The standard InChI is InChI=1S/C18H16ClN3O5S/c1-8-4-11(12(27-3)5-10(8)19)21-13(23)6-22-7-20-16-14(17(22)24)9(2)15(28-16)18(25)26/h4-5,7H,6H2,1-3H3,(H,21,23)(H,25,26). The Labute approximate surface area is 168 Å². The number of nitrogens with zero attached hydrogens (tertiary/aromatic N) is 2. The molecule has 0 radical (unpaired) electrons. The minimum atomic E-state index is -1.12. The van der Waals surface area contributed by atoms with Gasteiger partial charge in [0.2, 0.25) is 5.91 Å². The smallest absolute Gasteiger partial charge is 0.346 e. The number of thiophene rings is 1. The number of aromatic carboxylic acids is 1. The Kier molecular flexibility index (Phi) is 5.39. The lowest BCUT2D eigenvalue weighted by Crippen LogP contribution is -2.28. The van der Waals surface area contributed by atoms with Gasteiger partial charge in [0, 0.05) is 11.1 Å². The number of carboxylic acids is 1. The maximum Gasteiger partial charge on any atom is 0.346 e. The van der Waals surface area contributed by atoms with E-state index in [0.717, 1.165) is 21.5 Å². The quantitative estimate of drug-likeness (QED) is 0.655. The van der Waals surface area contributed by atoms with Crippen LogP contribution in [-0.2, 0) is 11.3 Å². The Morgan fingerprint density at radius 2 is 2.07 bits per heavy atom. The zero-order valence-corrected chi connectivity index (χ0v) is 16.8. The lowest BCUT2D eigenvalue weighted by Gasteiger charge is -2.13. The lowest BCUT2D eigenvalue weighted by atomic mass is 10.2. The van der Waals surface area contributed by atoms with Crippen LogP contribution in [0.15, 0.2) is 23.3 Å². The van der Waals surface area contributed by atoms with Gasteiger partial charge in [-0.25, -0.2) is 9.78 Å². The molecule has 28 heavy (non-hydrogen) atoms. The number of halogens is 1. The van der Waals surface area contributed by atoms with Crippen molar-refractivity contribution in [1.29, 1.82) is 0 Å². The molecule has 3 aromatic rings. The fraction of sp³-hybridized carbons (Fsp3) is 0.222. The van der Waals surface area contributed by atoms with E-state index in [1.807, 2.05) is 0 Å². The molecule has 2 N–H and O–H groups in total. The van der Waals surface area contributed by atoms with Gasteiger partial charge >= 0.3 is 5.97 Å². The third-order valence-electron chi connectivity index (χ3n) is 4.18. The van der Waals surface area contributed by atoms with E-state index < -0.39 is 17.4 Å². The SMILES string of the molecule is COc1cc(Cl)c(C)cc1NC(=O)Cn1cnc2sc(C(=O)O)c(C)c2c1=O. The number of carbonyl (C=O) groups is 2. The van der Waals surface area contributed by atoms with Crippen LogP contribution in [0.1, 0.15) is 20.8 Å². The highest BCUT2D eigenvalue weighted by atomic mass is 35.5. The molecule has 0 spiro atoms. The normalized spacial score (nSPS) is 10.9. The van der Waals surface area contributed by atoms with Crippen molar-refractivity contribution in [2.45, 2.75) is 20.4 Å². The summed E-state index contributed by atoms with van der Waals surface area (Å²) in [5.41, 5.74) is 1.06. The van der Waals surface area contributed by atoms with Crippen molar-refractivity contribution in [2.75, 3.05) is 12.4 Å². The number of ether oxygens (including phenoxy) is 1. The van der Waals surface area contributed by atoms with Gasteiger partial charge in [0.25, 0.3) is 5.56 Å². The number of carbonyl (C=O) groups excluding carboxylic acids is 1. The van der Waals surface area contributed by atoms with Crippen LogP contribution < -0.4 is 15.6 Å². The van der Waals surface area contributed by atoms with E-state index >= 15 is 0 Å². The Bertz CT molecular complexity index is 1170. The molecule has 0 fully saturated rings. The first-order valence-corrected chi connectivity index (χ1v) is 9.28. The van der Waals surface area contributed by atoms with E-state index in [2.05, 4.69) is 10.3 Å². The second-order valence-corrected chi connectivity index (χ2v) is 7.48. The highest BCUT2D eigenvalue weighted by Gasteiger charge is 2.19. The van der Waals surface area contributed by atoms with E-state index in [0.29, 0.717) is 26.9 Å². The summed E-state index contributed by atoms with van der Waals surface area (Å²) in [5.74, 6) is -1.19. The number of methoxy groups -OCH3 is 1. The number of hydrogen-bond acceptors (Lipinski definition) is 6. The summed E-state index contributed by atoms with van der Waals surface area (Å²) in [6.07, 6.45) is 1.23. The summed E-state index contributed by atoms with van der Waals surface area (Å²) in [6.45, 7) is 3.06.